The highest BCUT2D eigenvalue weighted by Crippen LogP contribution is 2.26. The molecule has 0 fully saturated rings. The largest absolute Gasteiger partial charge is 0.323 e. The monoisotopic (exact) mass is 262 g/mol. The number of anilines is 1. The van der Waals surface area contributed by atoms with E-state index in [1.54, 1.807) is 0 Å². The number of hydrogen-bond donors (Lipinski definition) is 1. The Morgan fingerprint density at radius 1 is 1.56 bits per heavy atom. The third-order valence-electron chi connectivity index (χ3n) is 1.78. The van der Waals surface area contributed by atoms with E-state index in [1.807, 2.05) is 0 Å². The number of nitro groups is 1. The molecule has 0 heterocycles. The van der Waals surface area contributed by atoms with Gasteiger partial charge in [-0.2, -0.15) is 0 Å². The fourth-order valence-corrected chi connectivity index (χ4v) is 1.17. The highest BCUT2D eigenvalue weighted by Gasteiger charge is 2.14. The molecule has 1 atom stereocenters. The van der Waals surface area contributed by atoms with Crippen LogP contribution in [0, 0.1) is 10.1 Å². The number of nitro benzene ring substituents is 1. The maximum atomic E-state index is 11.3. The van der Waals surface area contributed by atoms with Crippen molar-refractivity contribution < 1.29 is 9.72 Å². The van der Waals surface area contributed by atoms with Gasteiger partial charge in [-0.05, 0) is 13.0 Å². The lowest BCUT2D eigenvalue weighted by molar-refractivity contribution is -0.384. The number of non-ortho nitro benzene ring substituents is 1. The number of alkyl halides is 1. The van der Waals surface area contributed by atoms with Gasteiger partial charge in [0.05, 0.1) is 15.6 Å². The Morgan fingerprint density at radius 3 is 2.69 bits per heavy atom. The summed E-state index contributed by atoms with van der Waals surface area (Å²) in [4.78, 5) is 21.2. The Balaban J connectivity index is 2.99. The van der Waals surface area contributed by atoms with Crippen LogP contribution < -0.4 is 5.32 Å². The van der Waals surface area contributed by atoms with E-state index in [0.29, 0.717) is 0 Å². The van der Waals surface area contributed by atoms with Crippen molar-refractivity contribution in [1.29, 1.82) is 0 Å². The summed E-state index contributed by atoms with van der Waals surface area (Å²) in [6.07, 6.45) is 0. The minimum Gasteiger partial charge on any atom is -0.323 e. The minimum absolute atomic E-state index is 0.151. The maximum absolute atomic E-state index is 11.3. The molecule has 0 aliphatic carbocycles. The molecule has 1 amide bonds. The molecule has 0 radical (unpaired) electrons. The number of hydrogen-bond acceptors (Lipinski definition) is 3. The highest BCUT2D eigenvalue weighted by atomic mass is 35.5. The summed E-state index contributed by atoms with van der Waals surface area (Å²) in [5.74, 6) is -0.468. The van der Waals surface area contributed by atoms with E-state index >= 15 is 0 Å². The van der Waals surface area contributed by atoms with Crippen LogP contribution in [0.3, 0.4) is 0 Å². The van der Waals surface area contributed by atoms with Gasteiger partial charge in [-0.15, -0.1) is 11.6 Å². The zero-order valence-electron chi connectivity index (χ0n) is 8.24. The van der Waals surface area contributed by atoms with Crippen molar-refractivity contribution in [3.05, 3.63) is 33.3 Å². The molecule has 1 N–H and O–H groups in total. The normalized spacial score (nSPS) is 11.9. The van der Waals surface area contributed by atoms with Crippen molar-refractivity contribution in [2.24, 2.45) is 0 Å². The minimum atomic E-state index is -0.740. The van der Waals surface area contributed by atoms with Crippen LogP contribution in [0.4, 0.5) is 11.4 Å². The first-order valence-electron chi connectivity index (χ1n) is 4.30. The topological polar surface area (TPSA) is 72.2 Å². The van der Waals surface area contributed by atoms with Gasteiger partial charge in [0.15, 0.2) is 0 Å². The molecule has 1 aromatic rings. The number of halogens is 2. The molecule has 0 saturated heterocycles. The van der Waals surface area contributed by atoms with Crippen molar-refractivity contribution in [3.63, 3.8) is 0 Å². The van der Waals surface area contributed by atoms with Gasteiger partial charge in [0.2, 0.25) is 5.91 Å². The molecule has 7 heteroatoms. The Hall–Kier alpha value is -1.33. The third kappa shape index (κ3) is 3.08. The smallest absolute Gasteiger partial charge is 0.271 e. The molecule has 1 aromatic carbocycles. The standard InChI is InChI=1S/C9H8Cl2N2O3/c1-5(10)9(14)12-8-4-6(13(15)16)2-3-7(8)11/h2-5H,1H3,(H,12,14)/t5-/m0/s1. The molecule has 0 saturated carbocycles. The van der Waals surface area contributed by atoms with Crippen molar-refractivity contribution in [3.8, 4) is 0 Å². The predicted octanol–water partition coefficient (Wildman–Crippen LogP) is 2.81. The molecule has 0 aliphatic rings. The van der Waals surface area contributed by atoms with E-state index in [9.17, 15) is 14.9 Å². The maximum Gasteiger partial charge on any atom is 0.271 e. The summed E-state index contributed by atoms with van der Waals surface area (Å²) in [6.45, 7) is 1.49. The van der Waals surface area contributed by atoms with E-state index in [1.165, 1.54) is 25.1 Å². The second-order valence-electron chi connectivity index (χ2n) is 3.03. The number of nitrogens with zero attached hydrogens (tertiary/aromatic N) is 1. The molecule has 0 aliphatic heterocycles. The van der Waals surface area contributed by atoms with Crippen LogP contribution in [0.5, 0.6) is 0 Å². The lowest BCUT2D eigenvalue weighted by Crippen LogP contribution is -2.20. The number of amides is 1. The van der Waals surface area contributed by atoms with Gasteiger partial charge in [0.25, 0.3) is 5.69 Å². The second-order valence-corrected chi connectivity index (χ2v) is 4.09. The lowest BCUT2D eigenvalue weighted by atomic mass is 10.2. The number of carbonyl (C=O) groups is 1. The molecule has 0 bridgehead atoms. The number of nitrogens with one attached hydrogen (secondary N) is 1. The lowest BCUT2D eigenvalue weighted by Gasteiger charge is -2.07. The van der Waals surface area contributed by atoms with Crippen molar-refractivity contribution >= 4 is 40.5 Å². The molecule has 16 heavy (non-hydrogen) atoms. The van der Waals surface area contributed by atoms with Gasteiger partial charge in [-0.1, -0.05) is 11.6 Å². The Kier molecular flexibility index (Phi) is 4.09. The van der Waals surface area contributed by atoms with Gasteiger partial charge in [-0.3, -0.25) is 14.9 Å². The molecule has 0 unspecified atom stereocenters. The molecule has 0 aromatic heterocycles. The van der Waals surface area contributed by atoms with Crippen LogP contribution in [0.25, 0.3) is 0 Å². The SMILES string of the molecule is C[C@H](Cl)C(=O)Nc1cc([N+](=O)[O-])ccc1Cl. The summed E-state index contributed by atoms with van der Waals surface area (Å²) in [7, 11) is 0. The quantitative estimate of drug-likeness (QED) is 0.517. The number of rotatable bonds is 3. The van der Waals surface area contributed by atoms with Gasteiger partial charge in [-0.25, -0.2) is 0 Å². The molecule has 5 nitrogen and oxygen atoms in total. The number of carbonyl (C=O) groups excluding carboxylic acids is 1. The van der Waals surface area contributed by atoms with Gasteiger partial charge < -0.3 is 5.32 Å². The summed E-state index contributed by atoms with van der Waals surface area (Å²) in [5, 5.41) is 12.4. The van der Waals surface area contributed by atoms with Gasteiger partial charge >= 0.3 is 0 Å². The summed E-state index contributed by atoms with van der Waals surface area (Å²) in [5.41, 5.74) is 0.0234. The van der Waals surface area contributed by atoms with E-state index in [2.05, 4.69) is 5.32 Å². The molecular formula is C9H8Cl2N2O3. The van der Waals surface area contributed by atoms with Crippen molar-refractivity contribution in [2.45, 2.75) is 12.3 Å². The molecule has 1 rings (SSSR count). The first-order chi connectivity index (χ1) is 7.41. The molecular weight excluding hydrogens is 255 g/mol. The van der Waals surface area contributed by atoms with Crippen LogP contribution in [0.15, 0.2) is 18.2 Å². The average Bonchev–Trinajstić information content (AvgIpc) is 2.20. The van der Waals surface area contributed by atoms with E-state index < -0.39 is 16.2 Å². The summed E-state index contributed by atoms with van der Waals surface area (Å²) in [6, 6.07) is 3.77. The van der Waals surface area contributed by atoms with Crippen LogP contribution in [-0.4, -0.2) is 16.2 Å². The van der Waals surface area contributed by atoms with Crippen LogP contribution in [0.1, 0.15) is 6.92 Å². The number of benzene rings is 1. The first-order valence-corrected chi connectivity index (χ1v) is 5.12. The van der Waals surface area contributed by atoms with Crippen LogP contribution in [0.2, 0.25) is 5.02 Å². The average molecular weight is 263 g/mol. The Morgan fingerprint density at radius 2 is 2.19 bits per heavy atom. The first kappa shape index (κ1) is 12.7. The summed E-state index contributed by atoms with van der Waals surface area (Å²) >= 11 is 11.3. The Bertz CT molecular complexity index is 435. The molecule has 0 spiro atoms. The fourth-order valence-electron chi connectivity index (χ4n) is 0.955. The van der Waals surface area contributed by atoms with E-state index in [0.717, 1.165) is 0 Å². The van der Waals surface area contributed by atoms with E-state index in [-0.39, 0.29) is 16.4 Å². The van der Waals surface area contributed by atoms with Gasteiger partial charge in [0, 0.05) is 12.1 Å². The second kappa shape index (κ2) is 5.14. The Labute approximate surface area is 101 Å². The summed E-state index contributed by atoms with van der Waals surface area (Å²) < 4.78 is 0. The fraction of sp³-hybridized carbons (Fsp3) is 0.222. The highest BCUT2D eigenvalue weighted by molar-refractivity contribution is 6.35. The third-order valence-corrected chi connectivity index (χ3v) is 2.31. The zero-order chi connectivity index (χ0) is 12.3. The zero-order valence-corrected chi connectivity index (χ0v) is 9.75. The van der Waals surface area contributed by atoms with Crippen LogP contribution >= 0.6 is 23.2 Å². The van der Waals surface area contributed by atoms with Crippen molar-refractivity contribution in [2.75, 3.05) is 5.32 Å². The molecule has 86 valence electrons. The predicted molar refractivity (Wildman–Crippen MR) is 62.1 cm³/mol. The van der Waals surface area contributed by atoms with Crippen LogP contribution in [-0.2, 0) is 4.79 Å². The van der Waals surface area contributed by atoms with E-state index in [4.69, 9.17) is 23.2 Å². The van der Waals surface area contributed by atoms with Crippen molar-refractivity contribution in [1.82, 2.24) is 0 Å². The van der Waals surface area contributed by atoms with Gasteiger partial charge in [0.1, 0.15) is 5.38 Å².